The molecule has 16 heavy (non-hydrogen) atoms. The van der Waals surface area contributed by atoms with E-state index in [0.717, 1.165) is 13.0 Å². The molecule has 0 spiro atoms. The third-order valence-electron chi connectivity index (χ3n) is 2.44. The molecule has 0 amide bonds. The number of ether oxygens (including phenoxy) is 1. The van der Waals surface area contributed by atoms with Crippen molar-refractivity contribution < 1.29 is 13.2 Å². The summed E-state index contributed by atoms with van der Waals surface area (Å²) in [5.41, 5.74) is 0. The second kappa shape index (κ2) is 4.70. The molecule has 2 rings (SSSR count). The summed E-state index contributed by atoms with van der Waals surface area (Å²) in [6.07, 6.45) is 0.826. The highest BCUT2D eigenvalue weighted by atomic mass is 32.2. The normalized spacial score (nSPS) is 21.2. The van der Waals surface area contributed by atoms with E-state index in [0.29, 0.717) is 12.3 Å². The molecule has 0 aliphatic carbocycles. The van der Waals surface area contributed by atoms with Crippen molar-refractivity contribution in [2.75, 3.05) is 20.2 Å². The molecule has 0 saturated carbocycles. The molecular weight excluding hydrogens is 248 g/mol. The number of sulfonamides is 1. The number of hydrogen-bond donors (Lipinski definition) is 2. The molecule has 2 N–H and O–H groups in total. The molecule has 7 heteroatoms. The van der Waals surface area contributed by atoms with Crippen LogP contribution in [0, 0.1) is 0 Å². The topological polar surface area (TPSA) is 67.4 Å². The maximum absolute atomic E-state index is 12.0. The van der Waals surface area contributed by atoms with E-state index in [2.05, 4.69) is 10.0 Å². The predicted octanol–water partition coefficient (Wildman–Crippen LogP) is 0.397. The number of thiophene rings is 1. The number of nitrogens with one attached hydrogen (secondary N) is 2. The zero-order chi connectivity index (χ0) is 11.6. The van der Waals surface area contributed by atoms with Crippen LogP contribution >= 0.6 is 11.3 Å². The molecule has 0 radical (unpaired) electrons. The highest BCUT2D eigenvalue weighted by Crippen LogP contribution is 2.29. The molecule has 1 aromatic heterocycles. The van der Waals surface area contributed by atoms with Gasteiger partial charge in [0, 0.05) is 12.6 Å². The molecule has 1 aliphatic rings. The smallest absolute Gasteiger partial charge is 0.254 e. The van der Waals surface area contributed by atoms with E-state index < -0.39 is 10.0 Å². The zero-order valence-corrected chi connectivity index (χ0v) is 10.5. The summed E-state index contributed by atoms with van der Waals surface area (Å²) in [5, 5.41) is 4.82. The summed E-state index contributed by atoms with van der Waals surface area (Å²) < 4.78 is 32.0. The Morgan fingerprint density at radius 1 is 1.62 bits per heavy atom. The van der Waals surface area contributed by atoms with Gasteiger partial charge in [-0.2, -0.15) is 0 Å². The standard InChI is InChI=1S/C9H14N2O3S2/c1-14-8-3-5-15-9(8)16(12,13)11-7-2-4-10-6-7/h3,5,7,10-11H,2,4,6H2,1H3. The van der Waals surface area contributed by atoms with Crippen LogP contribution in [-0.2, 0) is 10.0 Å². The first-order chi connectivity index (χ1) is 7.63. The maximum atomic E-state index is 12.0. The molecule has 0 aromatic carbocycles. The number of hydrogen-bond acceptors (Lipinski definition) is 5. The Balaban J connectivity index is 2.18. The first-order valence-corrected chi connectivity index (χ1v) is 7.34. The number of rotatable bonds is 4. The summed E-state index contributed by atoms with van der Waals surface area (Å²) in [7, 11) is -1.97. The van der Waals surface area contributed by atoms with Crippen LogP contribution in [0.1, 0.15) is 6.42 Å². The van der Waals surface area contributed by atoms with Crippen LogP contribution in [0.4, 0.5) is 0 Å². The Labute approximate surface area is 98.9 Å². The van der Waals surface area contributed by atoms with E-state index in [1.54, 1.807) is 11.4 Å². The number of methoxy groups -OCH3 is 1. The van der Waals surface area contributed by atoms with Crippen molar-refractivity contribution in [3.8, 4) is 5.75 Å². The van der Waals surface area contributed by atoms with Crippen molar-refractivity contribution in [1.82, 2.24) is 10.0 Å². The van der Waals surface area contributed by atoms with Crippen LogP contribution in [0.5, 0.6) is 5.75 Å². The SMILES string of the molecule is COc1ccsc1S(=O)(=O)NC1CCNC1. The van der Waals surface area contributed by atoms with E-state index in [4.69, 9.17) is 4.74 Å². The van der Waals surface area contributed by atoms with Crippen molar-refractivity contribution in [2.45, 2.75) is 16.7 Å². The van der Waals surface area contributed by atoms with Crippen molar-refractivity contribution >= 4 is 21.4 Å². The second-order valence-electron chi connectivity index (χ2n) is 3.59. The van der Waals surface area contributed by atoms with Crippen LogP contribution in [0.3, 0.4) is 0 Å². The molecule has 0 bridgehead atoms. The molecule has 1 aromatic rings. The molecular formula is C9H14N2O3S2. The van der Waals surface area contributed by atoms with Gasteiger partial charge in [0.05, 0.1) is 7.11 Å². The average Bonchev–Trinajstić information content (AvgIpc) is 2.85. The fourth-order valence-corrected chi connectivity index (χ4v) is 4.22. The molecule has 1 unspecified atom stereocenters. The Morgan fingerprint density at radius 2 is 2.44 bits per heavy atom. The highest BCUT2D eigenvalue weighted by molar-refractivity contribution is 7.91. The quantitative estimate of drug-likeness (QED) is 0.824. The van der Waals surface area contributed by atoms with Crippen LogP contribution in [0.15, 0.2) is 15.7 Å². The van der Waals surface area contributed by atoms with Crippen LogP contribution in [0.25, 0.3) is 0 Å². The van der Waals surface area contributed by atoms with Crippen molar-refractivity contribution in [3.63, 3.8) is 0 Å². The molecule has 5 nitrogen and oxygen atoms in total. The Kier molecular flexibility index (Phi) is 3.48. The van der Waals surface area contributed by atoms with Gasteiger partial charge in [0.25, 0.3) is 10.0 Å². The molecule has 90 valence electrons. The monoisotopic (exact) mass is 262 g/mol. The van der Waals surface area contributed by atoms with Crippen LogP contribution in [-0.4, -0.2) is 34.7 Å². The van der Waals surface area contributed by atoms with E-state index >= 15 is 0 Å². The minimum Gasteiger partial charge on any atom is -0.494 e. The van der Waals surface area contributed by atoms with Crippen molar-refractivity contribution in [3.05, 3.63) is 11.4 Å². The first kappa shape index (κ1) is 11.8. The summed E-state index contributed by atoms with van der Waals surface area (Å²) in [6.45, 7) is 1.54. The van der Waals surface area contributed by atoms with Gasteiger partial charge in [-0.3, -0.25) is 0 Å². The van der Waals surface area contributed by atoms with E-state index in [1.165, 1.54) is 18.4 Å². The largest absolute Gasteiger partial charge is 0.494 e. The van der Waals surface area contributed by atoms with Gasteiger partial charge in [0.15, 0.2) is 4.21 Å². The average molecular weight is 262 g/mol. The van der Waals surface area contributed by atoms with E-state index in [9.17, 15) is 8.42 Å². The Bertz CT molecular complexity index is 449. The Hall–Kier alpha value is -0.630. The minimum atomic E-state index is -3.44. The summed E-state index contributed by atoms with van der Waals surface area (Å²) in [4.78, 5) is 0. The fourth-order valence-electron chi connectivity index (χ4n) is 1.66. The lowest BCUT2D eigenvalue weighted by molar-refractivity contribution is 0.406. The van der Waals surface area contributed by atoms with Gasteiger partial charge in [0.1, 0.15) is 5.75 Å². The lowest BCUT2D eigenvalue weighted by Gasteiger charge is -2.11. The van der Waals surface area contributed by atoms with E-state index in [-0.39, 0.29) is 10.3 Å². The zero-order valence-electron chi connectivity index (χ0n) is 8.89. The van der Waals surface area contributed by atoms with Crippen molar-refractivity contribution in [2.24, 2.45) is 0 Å². The summed E-state index contributed by atoms with van der Waals surface area (Å²) in [6, 6.07) is 1.64. The van der Waals surface area contributed by atoms with Gasteiger partial charge in [-0.05, 0) is 24.4 Å². The molecule has 1 fully saturated rings. The molecule has 2 heterocycles. The van der Waals surface area contributed by atoms with Gasteiger partial charge in [-0.15, -0.1) is 11.3 Å². The minimum absolute atomic E-state index is 0.0168. The summed E-state index contributed by atoms with van der Waals surface area (Å²) in [5.74, 6) is 0.406. The lowest BCUT2D eigenvalue weighted by Crippen LogP contribution is -2.35. The molecule has 1 saturated heterocycles. The lowest BCUT2D eigenvalue weighted by atomic mass is 10.3. The van der Waals surface area contributed by atoms with Crippen LogP contribution < -0.4 is 14.8 Å². The second-order valence-corrected chi connectivity index (χ2v) is 6.41. The maximum Gasteiger partial charge on any atom is 0.254 e. The molecule has 1 aliphatic heterocycles. The van der Waals surface area contributed by atoms with Crippen molar-refractivity contribution in [1.29, 1.82) is 0 Å². The van der Waals surface area contributed by atoms with Gasteiger partial charge >= 0.3 is 0 Å². The van der Waals surface area contributed by atoms with Gasteiger partial charge in [0.2, 0.25) is 0 Å². The highest BCUT2D eigenvalue weighted by Gasteiger charge is 2.26. The first-order valence-electron chi connectivity index (χ1n) is 4.98. The Morgan fingerprint density at radius 3 is 3.06 bits per heavy atom. The summed E-state index contributed by atoms with van der Waals surface area (Å²) >= 11 is 1.17. The van der Waals surface area contributed by atoms with Gasteiger partial charge < -0.3 is 10.1 Å². The molecule has 1 atom stereocenters. The fraction of sp³-hybridized carbons (Fsp3) is 0.556. The third kappa shape index (κ3) is 2.37. The third-order valence-corrected chi connectivity index (χ3v) is 5.41. The van der Waals surface area contributed by atoms with Gasteiger partial charge in [-0.25, -0.2) is 13.1 Å². The predicted molar refractivity (Wildman–Crippen MR) is 62.5 cm³/mol. The van der Waals surface area contributed by atoms with Crippen LogP contribution in [0.2, 0.25) is 0 Å². The van der Waals surface area contributed by atoms with E-state index in [1.807, 2.05) is 0 Å². The van der Waals surface area contributed by atoms with Gasteiger partial charge in [-0.1, -0.05) is 0 Å².